The van der Waals surface area contributed by atoms with Gasteiger partial charge in [-0.05, 0) is 56.2 Å². The predicted molar refractivity (Wildman–Crippen MR) is 160 cm³/mol. The maximum atomic E-state index is 13.5. The third-order valence-electron chi connectivity index (χ3n) is 6.17. The molecule has 1 aromatic heterocycles. The number of nitrogens with zero attached hydrogens (tertiary/aromatic N) is 2. The topological polar surface area (TPSA) is 104 Å². The van der Waals surface area contributed by atoms with E-state index >= 15 is 0 Å². The summed E-state index contributed by atoms with van der Waals surface area (Å²) in [6.45, 7) is 4.41. The van der Waals surface area contributed by atoms with Gasteiger partial charge in [-0.25, -0.2) is 9.37 Å². The van der Waals surface area contributed by atoms with Crippen LogP contribution in [0.1, 0.15) is 32.3 Å². The van der Waals surface area contributed by atoms with E-state index in [1.54, 1.807) is 51.9 Å². The number of rotatable bonds is 11. The van der Waals surface area contributed by atoms with Crippen molar-refractivity contribution in [1.29, 1.82) is 0 Å². The molecule has 5 rings (SSSR count). The van der Waals surface area contributed by atoms with Crippen molar-refractivity contribution in [1.82, 2.24) is 9.97 Å². The molecule has 0 radical (unpaired) electrons. The largest absolute Gasteiger partial charge is 0.487 e. The lowest BCUT2D eigenvalue weighted by atomic mass is 10.2. The van der Waals surface area contributed by atoms with Crippen LogP contribution >= 0.6 is 33.2 Å². The summed E-state index contributed by atoms with van der Waals surface area (Å²) in [6.07, 6.45) is 2.40. The number of hydrogen-bond acceptors (Lipinski definition) is 10. The van der Waals surface area contributed by atoms with E-state index in [1.807, 2.05) is 13.8 Å². The van der Waals surface area contributed by atoms with Gasteiger partial charge in [-0.2, -0.15) is 4.98 Å². The predicted octanol–water partition coefficient (Wildman–Crippen LogP) is 6.60. The fourth-order valence-electron chi connectivity index (χ4n) is 4.23. The number of nitrogens with one attached hydrogen (secondary N) is 2. The van der Waals surface area contributed by atoms with Gasteiger partial charge >= 0.3 is 0 Å². The van der Waals surface area contributed by atoms with Crippen LogP contribution in [0.5, 0.6) is 11.6 Å². The van der Waals surface area contributed by atoms with Gasteiger partial charge in [0.15, 0.2) is 11.6 Å². The fourth-order valence-corrected chi connectivity index (χ4v) is 7.36. The molecular formula is C28H30ClFN4O5S2. The Kier molecular flexibility index (Phi) is 9.76. The zero-order valence-electron chi connectivity index (χ0n) is 22.5. The van der Waals surface area contributed by atoms with Gasteiger partial charge in [0.05, 0.1) is 11.6 Å². The third kappa shape index (κ3) is 8.39. The fraction of sp³-hybridized carbons (Fsp3) is 0.393. The molecule has 9 nitrogen and oxygen atoms in total. The second-order valence-electron chi connectivity index (χ2n) is 9.93. The number of carbonyl (C=O) groups is 1. The van der Waals surface area contributed by atoms with Crippen molar-refractivity contribution in [3.05, 3.63) is 65.2 Å². The number of aromatic nitrogens is 2. The van der Waals surface area contributed by atoms with Crippen LogP contribution in [-0.4, -0.2) is 52.0 Å². The monoisotopic (exact) mass is 620 g/mol. The maximum Gasteiger partial charge on any atom is 0.243 e. The minimum atomic E-state index is -0.688. The van der Waals surface area contributed by atoms with E-state index in [9.17, 15) is 9.18 Å². The summed E-state index contributed by atoms with van der Waals surface area (Å²) in [5.74, 6) is 0.836. The van der Waals surface area contributed by atoms with E-state index in [1.165, 1.54) is 18.5 Å². The van der Waals surface area contributed by atoms with Crippen molar-refractivity contribution in [3.63, 3.8) is 0 Å². The van der Waals surface area contributed by atoms with Crippen LogP contribution in [0.2, 0.25) is 5.02 Å². The SMILES string of the molecule is CC1(C)OCC(COc2ncnc(Nc3ccc(OCc4cccc(F)c4)c(Cl)c3)c2NC(=O)CC2CCSS2)O1. The van der Waals surface area contributed by atoms with Crippen molar-refractivity contribution >= 4 is 56.3 Å². The van der Waals surface area contributed by atoms with Gasteiger partial charge in [0.25, 0.3) is 0 Å². The molecule has 1 amide bonds. The molecule has 2 fully saturated rings. The molecule has 0 saturated carbocycles. The number of hydrogen-bond donors (Lipinski definition) is 2. The van der Waals surface area contributed by atoms with Gasteiger partial charge < -0.3 is 29.6 Å². The summed E-state index contributed by atoms with van der Waals surface area (Å²) in [6, 6.07) is 11.3. The van der Waals surface area contributed by atoms with Gasteiger partial charge in [0.1, 0.15) is 42.9 Å². The molecule has 2 N–H and O–H groups in total. The van der Waals surface area contributed by atoms with Gasteiger partial charge in [-0.1, -0.05) is 45.3 Å². The lowest BCUT2D eigenvalue weighted by Gasteiger charge is -2.19. The molecule has 3 heterocycles. The summed E-state index contributed by atoms with van der Waals surface area (Å²) >= 11 is 6.49. The number of halogens is 2. The summed E-state index contributed by atoms with van der Waals surface area (Å²) in [5.41, 5.74) is 1.60. The van der Waals surface area contributed by atoms with Crippen molar-refractivity contribution in [2.24, 2.45) is 0 Å². The van der Waals surface area contributed by atoms with Crippen LogP contribution < -0.4 is 20.1 Å². The van der Waals surface area contributed by atoms with E-state index in [0.717, 1.165) is 12.2 Å². The summed E-state index contributed by atoms with van der Waals surface area (Å²) in [5, 5.41) is 6.75. The number of anilines is 3. The molecule has 2 saturated heterocycles. The minimum absolute atomic E-state index is 0.159. The summed E-state index contributed by atoms with van der Waals surface area (Å²) in [7, 11) is 3.50. The van der Waals surface area contributed by atoms with E-state index in [2.05, 4.69) is 20.6 Å². The standard InChI is InChI=1S/C28H30ClFN4O5S2/c1-28(2)38-15-20(39-28)14-37-27-25(34-24(35)12-21-8-9-40-41-21)26(31-16-32-27)33-19-6-7-23(22(29)11-19)36-13-17-4-3-5-18(30)10-17/h3-7,10-11,16,20-21H,8-9,12-15H2,1-2H3,(H,34,35)(H,31,32,33). The van der Waals surface area contributed by atoms with Gasteiger partial charge in [0.2, 0.25) is 11.8 Å². The second kappa shape index (κ2) is 13.5. The first-order valence-electron chi connectivity index (χ1n) is 13.1. The normalized spacial score (nSPS) is 19.6. The molecule has 2 aliphatic heterocycles. The Morgan fingerprint density at radius 2 is 2.10 bits per heavy atom. The maximum absolute atomic E-state index is 13.5. The Morgan fingerprint density at radius 1 is 1.22 bits per heavy atom. The molecule has 0 aliphatic carbocycles. The average molecular weight is 621 g/mol. The highest BCUT2D eigenvalue weighted by molar-refractivity contribution is 8.77. The van der Waals surface area contributed by atoms with E-state index in [4.69, 9.17) is 30.5 Å². The smallest absolute Gasteiger partial charge is 0.243 e. The third-order valence-corrected chi connectivity index (χ3v) is 9.40. The number of benzene rings is 2. The molecule has 2 aromatic carbocycles. The minimum Gasteiger partial charge on any atom is -0.487 e. The van der Waals surface area contributed by atoms with Crippen LogP contribution in [-0.2, 0) is 20.9 Å². The van der Waals surface area contributed by atoms with E-state index in [0.29, 0.717) is 46.6 Å². The molecule has 2 unspecified atom stereocenters. The molecular weight excluding hydrogens is 591 g/mol. The Balaban J connectivity index is 1.31. The van der Waals surface area contributed by atoms with Crippen LogP contribution in [0, 0.1) is 5.82 Å². The summed E-state index contributed by atoms with van der Waals surface area (Å²) in [4.78, 5) is 21.7. The molecule has 2 atom stereocenters. The first-order chi connectivity index (χ1) is 19.7. The highest BCUT2D eigenvalue weighted by Crippen LogP contribution is 2.40. The molecule has 0 bridgehead atoms. The van der Waals surface area contributed by atoms with Gasteiger partial charge in [-0.15, -0.1) is 0 Å². The number of amides is 1. The van der Waals surface area contributed by atoms with Crippen molar-refractivity contribution in [3.8, 4) is 11.6 Å². The van der Waals surface area contributed by atoms with Gasteiger partial charge in [0, 0.05) is 23.1 Å². The van der Waals surface area contributed by atoms with Crippen molar-refractivity contribution in [2.45, 2.75) is 50.4 Å². The highest BCUT2D eigenvalue weighted by Gasteiger charge is 2.33. The first kappa shape index (κ1) is 29.7. The lowest BCUT2D eigenvalue weighted by Crippen LogP contribution is -2.26. The zero-order valence-corrected chi connectivity index (χ0v) is 24.9. The molecule has 13 heteroatoms. The van der Waals surface area contributed by atoms with Crippen LogP contribution in [0.25, 0.3) is 0 Å². The Hall–Kier alpha value is -2.77. The van der Waals surface area contributed by atoms with Crippen molar-refractivity contribution < 1.29 is 28.1 Å². The van der Waals surface area contributed by atoms with Crippen LogP contribution in [0.3, 0.4) is 0 Å². The Bertz CT molecular complexity index is 1380. The lowest BCUT2D eigenvalue weighted by molar-refractivity contribution is -0.141. The molecule has 218 valence electrons. The Labute approximate surface area is 250 Å². The molecule has 2 aliphatic rings. The molecule has 0 spiro atoms. The van der Waals surface area contributed by atoms with Crippen LogP contribution in [0.15, 0.2) is 48.8 Å². The summed E-state index contributed by atoms with van der Waals surface area (Å²) < 4.78 is 36.7. The van der Waals surface area contributed by atoms with E-state index in [-0.39, 0.29) is 42.2 Å². The first-order valence-corrected chi connectivity index (χ1v) is 15.8. The second-order valence-corrected chi connectivity index (χ2v) is 13.1. The Morgan fingerprint density at radius 3 is 2.83 bits per heavy atom. The molecule has 41 heavy (non-hydrogen) atoms. The number of carbonyl (C=O) groups excluding carboxylic acids is 1. The molecule has 3 aromatic rings. The van der Waals surface area contributed by atoms with Crippen LogP contribution in [0.4, 0.5) is 21.6 Å². The van der Waals surface area contributed by atoms with Crippen molar-refractivity contribution in [2.75, 3.05) is 29.6 Å². The average Bonchev–Trinajstić information content (AvgIpc) is 3.57. The van der Waals surface area contributed by atoms with E-state index < -0.39 is 5.79 Å². The number of ether oxygens (including phenoxy) is 4. The highest BCUT2D eigenvalue weighted by atomic mass is 35.5. The zero-order chi connectivity index (χ0) is 28.8. The van der Waals surface area contributed by atoms with Gasteiger partial charge in [-0.3, -0.25) is 4.79 Å². The quantitative estimate of drug-likeness (QED) is 0.228.